The first kappa shape index (κ1) is 20.4. The van der Waals surface area contributed by atoms with E-state index in [0.29, 0.717) is 41.5 Å². The van der Waals surface area contributed by atoms with Crippen molar-refractivity contribution in [3.05, 3.63) is 34.7 Å². The van der Waals surface area contributed by atoms with Gasteiger partial charge in [0.25, 0.3) is 11.1 Å². The molecule has 0 unspecified atom stereocenters. The molecule has 1 amide bonds. The summed E-state index contributed by atoms with van der Waals surface area (Å²) in [4.78, 5) is 14.8. The third-order valence-electron chi connectivity index (χ3n) is 5.30. The first-order valence-electron chi connectivity index (χ1n) is 10.4. The van der Waals surface area contributed by atoms with Gasteiger partial charge in [0.15, 0.2) is 11.5 Å². The molecule has 2 aliphatic rings. The van der Waals surface area contributed by atoms with E-state index in [1.807, 2.05) is 6.07 Å². The number of carbonyl (C=O) groups is 1. The number of thioether (sulfide) groups is 1. The molecule has 0 fully saturated rings. The van der Waals surface area contributed by atoms with Crippen molar-refractivity contribution >= 4 is 34.7 Å². The minimum Gasteiger partial charge on any atom is -0.490 e. The number of fused-ring (bicyclic) bond motifs is 2. The molecular formula is C22H23N3O4S2. The molecule has 3 heterocycles. The van der Waals surface area contributed by atoms with E-state index in [1.165, 1.54) is 28.6 Å². The maximum absolute atomic E-state index is 12.4. The highest BCUT2D eigenvalue weighted by molar-refractivity contribution is 7.99. The number of aryl methyl sites for hydroxylation is 1. The predicted octanol–water partition coefficient (Wildman–Crippen LogP) is 4.82. The molecule has 162 valence electrons. The van der Waals surface area contributed by atoms with Crippen LogP contribution in [-0.2, 0) is 17.6 Å². The molecule has 1 N–H and O–H groups in total. The molecule has 1 aliphatic heterocycles. The van der Waals surface area contributed by atoms with Gasteiger partial charge in [-0.1, -0.05) is 18.7 Å². The van der Waals surface area contributed by atoms with Crippen LogP contribution in [0.5, 0.6) is 11.5 Å². The van der Waals surface area contributed by atoms with Gasteiger partial charge in [0.05, 0.1) is 23.8 Å². The zero-order valence-electron chi connectivity index (χ0n) is 17.2. The molecule has 3 aromatic rings. The Kier molecular flexibility index (Phi) is 5.87. The van der Waals surface area contributed by atoms with Crippen molar-refractivity contribution in [1.82, 2.24) is 10.2 Å². The summed E-state index contributed by atoms with van der Waals surface area (Å²) in [6.07, 6.45) is 4.31. The topological polar surface area (TPSA) is 86.5 Å². The second kappa shape index (κ2) is 8.92. The van der Waals surface area contributed by atoms with Crippen LogP contribution in [0.3, 0.4) is 0 Å². The van der Waals surface area contributed by atoms with Crippen molar-refractivity contribution in [2.75, 3.05) is 24.3 Å². The molecular weight excluding hydrogens is 434 g/mol. The van der Waals surface area contributed by atoms with Gasteiger partial charge in [-0.2, -0.15) is 0 Å². The third kappa shape index (κ3) is 4.72. The standard InChI is InChI=1S/C22H23N3O4S2/c1-13-3-6-18-14(9-13)10-19(31-18)21-24-25-22(29-21)30-12-20(26)23-15-4-5-16-17(11-15)28-8-2-7-27-16/h4-5,10-11,13H,2-3,6-9,12H2,1H3,(H,23,26)/t13-/m1/s1. The number of ether oxygens (including phenoxy) is 2. The molecule has 2 aromatic heterocycles. The number of benzene rings is 1. The number of hydrogen-bond acceptors (Lipinski definition) is 8. The molecule has 1 aromatic carbocycles. The summed E-state index contributed by atoms with van der Waals surface area (Å²) in [6, 6.07) is 7.58. The Labute approximate surface area is 188 Å². The van der Waals surface area contributed by atoms with Gasteiger partial charge in [0, 0.05) is 23.1 Å². The zero-order valence-corrected chi connectivity index (χ0v) is 18.8. The highest BCUT2D eigenvalue weighted by atomic mass is 32.2. The Morgan fingerprint density at radius 2 is 2.10 bits per heavy atom. The van der Waals surface area contributed by atoms with Crippen molar-refractivity contribution in [2.24, 2.45) is 5.92 Å². The van der Waals surface area contributed by atoms with Crippen LogP contribution < -0.4 is 14.8 Å². The van der Waals surface area contributed by atoms with Crippen LogP contribution in [-0.4, -0.2) is 35.1 Å². The Bertz CT molecular complexity index is 1090. The van der Waals surface area contributed by atoms with E-state index in [0.717, 1.165) is 30.1 Å². The average Bonchev–Trinajstić information content (AvgIpc) is 3.33. The summed E-state index contributed by atoms with van der Waals surface area (Å²) in [5, 5.41) is 11.5. The fraction of sp³-hybridized carbons (Fsp3) is 0.409. The van der Waals surface area contributed by atoms with Crippen LogP contribution in [0, 0.1) is 5.92 Å². The minimum absolute atomic E-state index is 0.153. The smallest absolute Gasteiger partial charge is 0.277 e. The van der Waals surface area contributed by atoms with Gasteiger partial charge in [0.1, 0.15) is 0 Å². The van der Waals surface area contributed by atoms with E-state index in [1.54, 1.807) is 23.5 Å². The van der Waals surface area contributed by atoms with E-state index in [2.05, 4.69) is 28.5 Å². The second-order valence-electron chi connectivity index (χ2n) is 7.83. The average molecular weight is 458 g/mol. The highest BCUT2D eigenvalue weighted by Gasteiger charge is 2.21. The number of nitrogens with one attached hydrogen (secondary N) is 1. The number of aromatic nitrogens is 2. The molecule has 1 atom stereocenters. The van der Waals surface area contributed by atoms with Crippen LogP contribution in [0.1, 0.15) is 30.2 Å². The lowest BCUT2D eigenvalue weighted by Gasteiger charge is -2.16. The van der Waals surface area contributed by atoms with Gasteiger partial charge in [0.2, 0.25) is 5.91 Å². The van der Waals surface area contributed by atoms with Crippen LogP contribution >= 0.6 is 23.1 Å². The third-order valence-corrected chi connectivity index (χ3v) is 7.35. The number of anilines is 1. The number of amides is 1. The first-order valence-corrected chi connectivity index (χ1v) is 12.2. The zero-order chi connectivity index (χ0) is 21.2. The predicted molar refractivity (Wildman–Crippen MR) is 120 cm³/mol. The number of rotatable bonds is 5. The van der Waals surface area contributed by atoms with Crippen LogP contribution in [0.4, 0.5) is 5.69 Å². The molecule has 7 nitrogen and oxygen atoms in total. The normalized spacial score (nSPS) is 17.6. The summed E-state index contributed by atoms with van der Waals surface area (Å²) in [5.74, 6) is 2.62. The van der Waals surface area contributed by atoms with Crippen LogP contribution in [0.25, 0.3) is 10.8 Å². The number of carbonyl (C=O) groups excluding carboxylic acids is 1. The molecule has 31 heavy (non-hydrogen) atoms. The first-order chi connectivity index (χ1) is 15.1. The van der Waals surface area contributed by atoms with E-state index < -0.39 is 0 Å². The molecule has 9 heteroatoms. The Balaban J connectivity index is 1.18. The van der Waals surface area contributed by atoms with E-state index in [4.69, 9.17) is 13.9 Å². The van der Waals surface area contributed by atoms with Crippen molar-refractivity contribution in [2.45, 2.75) is 37.8 Å². The fourth-order valence-corrected chi connectivity index (χ4v) is 5.44. The maximum atomic E-state index is 12.4. The second-order valence-corrected chi connectivity index (χ2v) is 9.89. The highest BCUT2D eigenvalue weighted by Crippen LogP contribution is 2.37. The summed E-state index contributed by atoms with van der Waals surface area (Å²) in [6.45, 7) is 3.53. The summed E-state index contributed by atoms with van der Waals surface area (Å²) in [5.41, 5.74) is 2.07. The van der Waals surface area contributed by atoms with Gasteiger partial charge < -0.3 is 19.2 Å². The number of nitrogens with zero attached hydrogens (tertiary/aromatic N) is 2. The molecule has 0 spiro atoms. The van der Waals surface area contributed by atoms with Gasteiger partial charge in [-0.3, -0.25) is 4.79 Å². The quantitative estimate of drug-likeness (QED) is 0.550. The van der Waals surface area contributed by atoms with Gasteiger partial charge in [-0.05, 0) is 48.9 Å². The molecule has 5 rings (SSSR count). The summed E-state index contributed by atoms with van der Waals surface area (Å²) < 4.78 is 17.1. The van der Waals surface area contributed by atoms with Crippen molar-refractivity contribution in [1.29, 1.82) is 0 Å². The van der Waals surface area contributed by atoms with E-state index >= 15 is 0 Å². The van der Waals surface area contributed by atoms with Crippen molar-refractivity contribution < 1.29 is 18.7 Å². The number of thiophene rings is 1. The largest absolute Gasteiger partial charge is 0.490 e. The van der Waals surface area contributed by atoms with Crippen LogP contribution in [0.15, 0.2) is 33.9 Å². The van der Waals surface area contributed by atoms with E-state index in [-0.39, 0.29) is 11.7 Å². The van der Waals surface area contributed by atoms with Crippen LogP contribution in [0.2, 0.25) is 0 Å². The molecule has 1 aliphatic carbocycles. The fourth-order valence-electron chi connectivity index (χ4n) is 3.74. The molecule has 0 saturated heterocycles. The lowest BCUT2D eigenvalue weighted by Crippen LogP contribution is -2.14. The summed E-state index contributed by atoms with van der Waals surface area (Å²) in [7, 11) is 0. The molecule has 0 radical (unpaired) electrons. The Morgan fingerprint density at radius 1 is 1.23 bits per heavy atom. The SMILES string of the molecule is C[C@@H]1CCc2sc(-c3nnc(SCC(=O)Nc4ccc5c(c4)OCCCO5)o3)cc2C1. The van der Waals surface area contributed by atoms with E-state index in [9.17, 15) is 4.79 Å². The molecule has 0 bridgehead atoms. The molecule has 0 saturated carbocycles. The van der Waals surface area contributed by atoms with Gasteiger partial charge in [-0.15, -0.1) is 21.5 Å². The summed E-state index contributed by atoms with van der Waals surface area (Å²) >= 11 is 2.96. The Morgan fingerprint density at radius 3 is 3.00 bits per heavy atom. The minimum atomic E-state index is -0.153. The van der Waals surface area contributed by atoms with Gasteiger partial charge in [-0.25, -0.2) is 0 Å². The van der Waals surface area contributed by atoms with Crippen molar-refractivity contribution in [3.63, 3.8) is 0 Å². The maximum Gasteiger partial charge on any atom is 0.277 e. The Hall–Kier alpha value is -2.52. The lowest BCUT2D eigenvalue weighted by molar-refractivity contribution is -0.113. The monoisotopic (exact) mass is 457 g/mol. The number of hydrogen-bond donors (Lipinski definition) is 1. The van der Waals surface area contributed by atoms with Crippen molar-refractivity contribution in [3.8, 4) is 22.3 Å². The lowest BCUT2D eigenvalue weighted by atomic mass is 9.90. The van der Waals surface area contributed by atoms with Gasteiger partial charge >= 0.3 is 0 Å².